The van der Waals surface area contributed by atoms with Gasteiger partial charge in [-0.3, -0.25) is 19.1 Å². The van der Waals surface area contributed by atoms with Gasteiger partial charge in [-0.1, -0.05) is 0 Å². The van der Waals surface area contributed by atoms with Crippen LogP contribution in [0.1, 0.15) is 31.3 Å². The highest BCUT2D eigenvalue weighted by Gasteiger charge is 2.22. The summed E-state index contributed by atoms with van der Waals surface area (Å²) in [6.07, 6.45) is 4.50. The summed E-state index contributed by atoms with van der Waals surface area (Å²) in [6, 6.07) is 6.24. The lowest BCUT2D eigenvalue weighted by molar-refractivity contribution is -0.263. The first-order valence-electron chi connectivity index (χ1n) is 8.64. The number of aryl methyl sites for hydroxylation is 1. The minimum absolute atomic E-state index is 0.342. The number of carbonyl (C=O) groups excluding carboxylic acids is 2. The first-order chi connectivity index (χ1) is 13.1. The third-order valence-electron chi connectivity index (χ3n) is 4.22. The fourth-order valence-electron chi connectivity index (χ4n) is 2.79. The van der Waals surface area contributed by atoms with E-state index >= 15 is 0 Å². The first-order valence-corrected chi connectivity index (χ1v) is 8.64. The van der Waals surface area contributed by atoms with Crippen molar-refractivity contribution in [3.8, 4) is 5.69 Å². The van der Waals surface area contributed by atoms with E-state index in [2.05, 4.69) is 11.2 Å². The topological polar surface area (TPSA) is 87.6 Å². The van der Waals surface area contributed by atoms with Crippen molar-refractivity contribution in [2.45, 2.75) is 26.4 Å². The predicted molar refractivity (Wildman–Crippen MR) is 103 cm³/mol. The van der Waals surface area contributed by atoms with Gasteiger partial charge in [-0.05, 0) is 26.8 Å². The predicted octanol–water partition coefficient (Wildman–Crippen LogP) is 1.91. The van der Waals surface area contributed by atoms with E-state index in [-0.39, 0.29) is 5.56 Å². The Labute approximate surface area is 162 Å². The van der Waals surface area contributed by atoms with E-state index in [1.54, 1.807) is 63.8 Å². The van der Waals surface area contributed by atoms with Crippen LogP contribution < -0.4 is 15.4 Å². The zero-order chi connectivity index (χ0) is 20.6. The Morgan fingerprint density at radius 1 is 1.32 bits per heavy atom. The van der Waals surface area contributed by atoms with Gasteiger partial charge in [0.05, 0.1) is 24.5 Å². The molecule has 0 atom stereocenters. The van der Waals surface area contributed by atoms with E-state index in [0.29, 0.717) is 28.1 Å². The molecule has 0 aromatic carbocycles. The number of aldehydes is 1. The molecule has 8 nitrogen and oxygen atoms in total. The van der Waals surface area contributed by atoms with Crippen molar-refractivity contribution in [3.63, 3.8) is 0 Å². The van der Waals surface area contributed by atoms with Crippen LogP contribution in [-0.4, -0.2) is 34.2 Å². The van der Waals surface area contributed by atoms with Gasteiger partial charge < -0.3 is 4.74 Å². The second-order valence-electron chi connectivity index (χ2n) is 7.39. The lowest BCUT2D eigenvalue weighted by Crippen LogP contribution is -2.34. The Kier molecular flexibility index (Phi) is 4.69. The monoisotopic (exact) mass is 381 g/mol. The van der Waals surface area contributed by atoms with Crippen molar-refractivity contribution in [2.75, 3.05) is 11.9 Å². The summed E-state index contributed by atoms with van der Waals surface area (Å²) in [7, 11) is 3.26. The molecule has 3 rings (SSSR count). The van der Waals surface area contributed by atoms with E-state index in [9.17, 15) is 14.4 Å². The maximum absolute atomic E-state index is 12.7. The average molecular weight is 381 g/mol. The minimum Gasteiger partial charge on any atom is -0.443 e. The van der Waals surface area contributed by atoms with Gasteiger partial charge >= 0.3 is 11.7 Å². The Morgan fingerprint density at radius 3 is 2.64 bits per heavy atom. The second-order valence-corrected chi connectivity index (χ2v) is 7.39. The summed E-state index contributed by atoms with van der Waals surface area (Å²) in [5, 5.41) is 0.652. The molecule has 0 saturated carbocycles. The lowest BCUT2D eigenvalue weighted by atomic mass is 10.2. The molecule has 0 fully saturated rings. The lowest BCUT2D eigenvalue weighted by Gasteiger charge is -2.24. The SMILES string of the molecule is CN(C(=O)OC(C)(C)C)c1ccn(-c2cc#[n+]c3c2cc(C=O)n3C)c(=O)c1. The molecule has 0 radical (unpaired) electrons. The van der Waals surface area contributed by atoms with Gasteiger partial charge in [0.15, 0.2) is 18.2 Å². The molecule has 0 N–H and O–H groups in total. The van der Waals surface area contributed by atoms with Crippen LogP contribution in [0, 0.1) is 6.20 Å². The van der Waals surface area contributed by atoms with Crippen LogP contribution in [0.25, 0.3) is 16.7 Å². The average Bonchev–Trinajstić information content (AvgIpc) is 2.96. The Balaban J connectivity index is 2.02. The fourth-order valence-corrected chi connectivity index (χ4v) is 2.79. The maximum atomic E-state index is 12.7. The summed E-state index contributed by atoms with van der Waals surface area (Å²) in [6.45, 7) is 5.32. The summed E-state index contributed by atoms with van der Waals surface area (Å²) in [5.74, 6) is 0. The van der Waals surface area contributed by atoms with Crippen molar-refractivity contribution in [1.29, 1.82) is 0 Å². The van der Waals surface area contributed by atoms with Crippen LogP contribution in [-0.2, 0) is 11.8 Å². The molecule has 3 heterocycles. The van der Waals surface area contributed by atoms with Crippen molar-refractivity contribution >= 4 is 29.1 Å². The van der Waals surface area contributed by atoms with E-state index in [4.69, 9.17) is 4.74 Å². The number of hydrogen-bond donors (Lipinski definition) is 0. The molecular formula is C20H21N4O4+. The molecule has 144 valence electrons. The molecule has 1 amide bonds. The second kappa shape index (κ2) is 6.85. The largest absolute Gasteiger partial charge is 0.443 e. The highest BCUT2D eigenvalue weighted by Crippen LogP contribution is 2.21. The van der Waals surface area contributed by atoms with E-state index in [1.165, 1.54) is 15.5 Å². The molecule has 0 aliphatic heterocycles. The van der Waals surface area contributed by atoms with Crippen LogP contribution in [0.3, 0.4) is 0 Å². The van der Waals surface area contributed by atoms with E-state index in [0.717, 1.165) is 6.29 Å². The van der Waals surface area contributed by atoms with Gasteiger partial charge in [-0.2, -0.15) is 4.98 Å². The van der Waals surface area contributed by atoms with Gasteiger partial charge in [-0.25, -0.2) is 9.36 Å². The molecule has 0 aliphatic rings. The number of ether oxygens (including phenoxy) is 1. The maximum Gasteiger partial charge on any atom is 0.414 e. The van der Waals surface area contributed by atoms with E-state index in [1.807, 2.05) is 0 Å². The summed E-state index contributed by atoms with van der Waals surface area (Å²) in [4.78, 5) is 41.6. The van der Waals surface area contributed by atoms with Crippen LogP contribution in [0.2, 0.25) is 0 Å². The highest BCUT2D eigenvalue weighted by atomic mass is 16.6. The fraction of sp³-hybridized carbons (Fsp3) is 0.300. The Hall–Kier alpha value is -3.60. The van der Waals surface area contributed by atoms with Gasteiger partial charge in [0, 0.05) is 25.4 Å². The number of pyridine rings is 1. The van der Waals surface area contributed by atoms with Gasteiger partial charge in [0.1, 0.15) is 11.0 Å². The molecule has 0 bridgehead atoms. The first kappa shape index (κ1) is 19.2. The van der Waals surface area contributed by atoms with Crippen molar-refractivity contribution in [1.82, 2.24) is 9.13 Å². The molecule has 28 heavy (non-hydrogen) atoms. The van der Waals surface area contributed by atoms with Gasteiger partial charge in [0.25, 0.3) is 5.56 Å². The number of anilines is 1. The number of aromatic nitrogens is 3. The number of rotatable bonds is 3. The van der Waals surface area contributed by atoms with Crippen molar-refractivity contribution in [3.05, 3.63) is 52.7 Å². The summed E-state index contributed by atoms with van der Waals surface area (Å²) >= 11 is 0. The zero-order valence-corrected chi connectivity index (χ0v) is 16.4. The smallest absolute Gasteiger partial charge is 0.414 e. The quantitative estimate of drug-likeness (QED) is 0.647. The summed E-state index contributed by atoms with van der Waals surface area (Å²) in [5.41, 5.74) is 0.962. The molecule has 0 aliphatic carbocycles. The number of hydrogen-bond acceptors (Lipinski definition) is 4. The van der Waals surface area contributed by atoms with E-state index < -0.39 is 11.7 Å². The molecule has 8 heteroatoms. The standard InChI is InChI=1S/C20H21N4O4/c1-20(2,3)28-19(27)23(5)13-7-9-24(17(26)11-13)16-6-8-21-18-15(16)10-14(12-25)22(18)4/h6-7,9-12H,1-5H3/q+1. The molecule has 0 spiro atoms. The van der Waals surface area contributed by atoms with Crippen LogP contribution >= 0.6 is 0 Å². The number of fused-ring (bicyclic) bond motifs is 1. The van der Waals surface area contributed by atoms with Crippen LogP contribution in [0.15, 0.2) is 35.3 Å². The normalized spacial score (nSPS) is 11.2. The van der Waals surface area contributed by atoms with Crippen molar-refractivity contribution < 1.29 is 19.3 Å². The molecule has 0 saturated heterocycles. The van der Waals surface area contributed by atoms with Gasteiger partial charge in [0.2, 0.25) is 0 Å². The van der Waals surface area contributed by atoms with Gasteiger partial charge in [-0.15, -0.1) is 0 Å². The molecular weight excluding hydrogens is 360 g/mol. The summed E-state index contributed by atoms with van der Waals surface area (Å²) < 4.78 is 8.38. The third kappa shape index (κ3) is 3.47. The Morgan fingerprint density at radius 2 is 2.04 bits per heavy atom. The molecule has 0 unspecified atom stereocenters. The van der Waals surface area contributed by atoms with Crippen LogP contribution in [0.5, 0.6) is 0 Å². The Bertz CT molecular complexity index is 1120. The minimum atomic E-state index is -0.637. The number of amides is 1. The molecule has 3 aromatic rings. The zero-order valence-electron chi connectivity index (χ0n) is 16.4. The molecule has 3 aromatic heterocycles. The van der Waals surface area contributed by atoms with Crippen LogP contribution in [0.4, 0.5) is 10.5 Å². The van der Waals surface area contributed by atoms with Crippen molar-refractivity contribution in [2.24, 2.45) is 7.05 Å². The number of carbonyl (C=O) groups is 2. The third-order valence-corrected chi connectivity index (χ3v) is 4.22. The highest BCUT2D eigenvalue weighted by molar-refractivity contribution is 5.90. The number of nitrogens with zero attached hydrogens (tertiary/aromatic N) is 4.